The highest BCUT2D eigenvalue weighted by atomic mass is 32.2. The summed E-state index contributed by atoms with van der Waals surface area (Å²) in [7, 11) is -1.81. The van der Waals surface area contributed by atoms with Crippen LogP contribution in [0.1, 0.15) is 19.0 Å². The monoisotopic (exact) mass is 309 g/mol. The van der Waals surface area contributed by atoms with Crippen LogP contribution in [0.3, 0.4) is 0 Å². The lowest BCUT2D eigenvalue weighted by Gasteiger charge is -2.09. The molecule has 0 unspecified atom stereocenters. The molecule has 0 spiro atoms. The lowest BCUT2D eigenvalue weighted by Crippen LogP contribution is -2.24. The van der Waals surface area contributed by atoms with Crippen molar-refractivity contribution in [3.8, 4) is 0 Å². The second-order valence-corrected chi connectivity index (χ2v) is 6.34. The van der Waals surface area contributed by atoms with Gasteiger partial charge < -0.3 is 5.32 Å². The SMILES string of the molecule is CCCNc1cc(S(=O)(=O)NCc2ccnn2C)ccn1. The molecule has 2 N–H and O–H groups in total. The van der Waals surface area contributed by atoms with Gasteiger partial charge in [-0.3, -0.25) is 4.68 Å². The second kappa shape index (κ2) is 6.68. The first kappa shape index (κ1) is 15.5. The minimum Gasteiger partial charge on any atom is -0.370 e. The number of nitrogens with one attached hydrogen (secondary N) is 2. The highest BCUT2D eigenvalue weighted by Crippen LogP contribution is 2.13. The molecule has 8 heteroatoms. The van der Waals surface area contributed by atoms with E-state index in [1.807, 2.05) is 6.92 Å². The maximum Gasteiger partial charge on any atom is 0.241 e. The molecule has 114 valence electrons. The van der Waals surface area contributed by atoms with E-state index in [1.54, 1.807) is 24.0 Å². The van der Waals surface area contributed by atoms with Crippen LogP contribution >= 0.6 is 0 Å². The van der Waals surface area contributed by atoms with Crippen molar-refractivity contribution in [1.82, 2.24) is 19.5 Å². The van der Waals surface area contributed by atoms with E-state index in [0.717, 1.165) is 18.7 Å². The van der Waals surface area contributed by atoms with Crippen LogP contribution < -0.4 is 10.0 Å². The van der Waals surface area contributed by atoms with E-state index in [1.165, 1.54) is 18.3 Å². The average molecular weight is 309 g/mol. The third kappa shape index (κ3) is 4.02. The zero-order valence-electron chi connectivity index (χ0n) is 12.1. The summed E-state index contributed by atoms with van der Waals surface area (Å²) in [6.07, 6.45) is 4.05. The molecule has 0 aliphatic heterocycles. The van der Waals surface area contributed by atoms with Crippen molar-refractivity contribution in [3.63, 3.8) is 0 Å². The molecule has 2 heterocycles. The second-order valence-electron chi connectivity index (χ2n) is 4.57. The van der Waals surface area contributed by atoms with Crippen LogP contribution in [0.2, 0.25) is 0 Å². The van der Waals surface area contributed by atoms with Crippen LogP contribution in [0.15, 0.2) is 35.5 Å². The number of sulfonamides is 1. The quantitative estimate of drug-likeness (QED) is 0.800. The van der Waals surface area contributed by atoms with Crippen LogP contribution in [-0.4, -0.2) is 29.7 Å². The number of pyridine rings is 1. The maximum absolute atomic E-state index is 12.3. The van der Waals surface area contributed by atoms with Crippen LogP contribution in [0.5, 0.6) is 0 Å². The van der Waals surface area contributed by atoms with Gasteiger partial charge in [0.05, 0.1) is 17.1 Å². The van der Waals surface area contributed by atoms with Crippen LogP contribution in [0.25, 0.3) is 0 Å². The molecule has 0 atom stereocenters. The molecule has 0 aliphatic carbocycles. The van der Waals surface area contributed by atoms with Gasteiger partial charge in [0.1, 0.15) is 5.82 Å². The Kier molecular flexibility index (Phi) is 4.92. The zero-order chi connectivity index (χ0) is 15.3. The summed E-state index contributed by atoms with van der Waals surface area (Å²) in [6, 6.07) is 4.77. The summed E-state index contributed by atoms with van der Waals surface area (Å²) in [5, 5.41) is 7.07. The van der Waals surface area contributed by atoms with Crippen molar-refractivity contribution in [2.24, 2.45) is 7.05 Å². The number of rotatable bonds is 7. The number of aromatic nitrogens is 3. The molecule has 0 saturated carbocycles. The first-order valence-electron chi connectivity index (χ1n) is 6.69. The Morgan fingerprint density at radius 2 is 2.10 bits per heavy atom. The zero-order valence-corrected chi connectivity index (χ0v) is 12.9. The van der Waals surface area contributed by atoms with Gasteiger partial charge in [-0.2, -0.15) is 5.10 Å². The van der Waals surface area contributed by atoms with E-state index in [0.29, 0.717) is 5.82 Å². The number of aryl methyl sites for hydroxylation is 1. The topological polar surface area (TPSA) is 88.9 Å². The summed E-state index contributed by atoms with van der Waals surface area (Å²) in [4.78, 5) is 4.29. The van der Waals surface area contributed by atoms with Crippen molar-refractivity contribution < 1.29 is 8.42 Å². The van der Waals surface area contributed by atoms with Gasteiger partial charge in [-0.15, -0.1) is 0 Å². The third-order valence-electron chi connectivity index (χ3n) is 2.96. The highest BCUT2D eigenvalue weighted by Gasteiger charge is 2.15. The van der Waals surface area contributed by atoms with Crippen molar-refractivity contribution in [1.29, 1.82) is 0 Å². The Bertz CT molecular complexity index is 696. The summed E-state index contributed by atoms with van der Waals surface area (Å²) in [5.74, 6) is 0.556. The molecule has 0 aromatic carbocycles. The minimum atomic E-state index is -3.57. The lowest BCUT2D eigenvalue weighted by atomic mass is 10.4. The van der Waals surface area contributed by atoms with Gasteiger partial charge in [0, 0.05) is 32.1 Å². The molecule has 0 amide bonds. The molecule has 0 aliphatic rings. The Hall–Kier alpha value is -1.93. The summed E-state index contributed by atoms with van der Waals surface area (Å²) in [6.45, 7) is 2.97. The van der Waals surface area contributed by atoms with Gasteiger partial charge in [-0.25, -0.2) is 18.1 Å². The first-order valence-corrected chi connectivity index (χ1v) is 8.17. The normalized spacial score (nSPS) is 11.5. The van der Waals surface area contributed by atoms with Crippen molar-refractivity contribution >= 4 is 15.8 Å². The largest absolute Gasteiger partial charge is 0.370 e. The number of nitrogens with zero attached hydrogens (tertiary/aromatic N) is 3. The van der Waals surface area contributed by atoms with Gasteiger partial charge in [0.25, 0.3) is 0 Å². The van der Waals surface area contributed by atoms with Gasteiger partial charge in [-0.1, -0.05) is 6.92 Å². The lowest BCUT2D eigenvalue weighted by molar-refractivity contribution is 0.577. The van der Waals surface area contributed by atoms with Gasteiger partial charge in [-0.05, 0) is 18.6 Å². The summed E-state index contributed by atoms with van der Waals surface area (Å²) in [5.41, 5.74) is 0.789. The molecule has 0 saturated heterocycles. The molecule has 21 heavy (non-hydrogen) atoms. The Labute approximate surface area is 124 Å². The standard InChI is InChI=1S/C13H19N5O2S/c1-3-6-14-13-9-12(5-7-15-13)21(19,20)17-10-11-4-8-16-18(11)2/h4-5,7-9,17H,3,6,10H2,1-2H3,(H,14,15). The fourth-order valence-corrected chi connectivity index (χ4v) is 2.77. The van der Waals surface area contributed by atoms with Crippen LogP contribution in [0, 0.1) is 0 Å². The number of anilines is 1. The van der Waals surface area contributed by atoms with Crippen LogP contribution in [0.4, 0.5) is 5.82 Å². The predicted molar refractivity (Wildman–Crippen MR) is 80.3 cm³/mol. The predicted octanol–water partition coefficient (Wildman–Crippen LogP) is 1.12. The van der Waals surface area contributed by atoms with E-state index in [-0.39, 0.29) is 11.4 Å². The molecule has 0 radical (unpaired) electrons. The number of hydrogen-bond donors (Lipinski definition) is 2. The Morgan fingerprint density at radius 1 is 1.29 bits per heavy atom. The van der Waals surface area contributed by atoms with Crippen molar-refractivity contribution in [3.05, 3.63) is 36.3 Å². The Morgan fingerprint density at radius 3 is 2.76 bits per heavy atom. The molecular weight excluding hydrogens is 290 g/mol. The molecule has 2 aromatic rings. The number of hydrogen-bond acceptors (Lipinski definition) is 5. The van der Waals surface area contributed by atoms with Gasteiger partial charge in [0.15, 0.2) is 0 Å². The molecule has 7 nitrogen and oxygen atoms in total. The molecule has 2 rings (SSSR count). The Balaban J connectivity index is 2.10. The summed E-state index contributed by atoms with van der Waals surface area (Å²) < 4.78 is 28.7. The van der Waals surface area contributed by atoms with Gasteiger partial charge in [0.2, 0.25) is 10.0 Å². The van der Waals surface area contributed by atoms with E-state index < -0.39 is 10.0 Å². The molecule has 0 fully saturated rings. The van der Waals surface area contributed by atoms with E-state index in [9.17, 15) is 8.42 Å². The highest BCUT2D eigenvalue weighted by molar-refractivity contribution is 7.89. The van der Waals surface area contributed by atoms with Crippen molar-refractivity contribution in [2.45, 2.75) is 24.8 Å². The first-order chi connectivity index (χ1) is 10.0. The molecule has 0 bridgehead atoms. The van der Waals surface area contributed by atoms with Crippen LogP contribution in [-0.2, 0) is 23.6 Å². The average Bonchev–Trinajstić information content (AvgIpc) is 2.89. The van der Waals surface area contributed by atoms with Crippen molar-refractivity contribution in [2.75, 3.05) is 11.9 Å². The smallest absolute Gasteiger partial charge is 0.241 e. The molecular formula is C13H19N5O2S. The van der Waals surface area contributed by atoms with E-state index in [2.05, 4.69) is 20.1 Å². The third-order valence-corrected chi connectivity index (χ3v) is 4.36. The summed E-state index contributed by atoms with van der Waals surface area (Å²) >= 11 is 0. The van der Waals surface area contributed by atoms with Gasteiger partial charge >= 0.3 is 0 Å². The van der Waals surface area contributed by atoms with E-state index in [4.69, 9.17) is 0 Å². The maximum atomic E-state index is 12.3. The fraction of sp³-hybridized carbons (Fsp3) is 0.385. The van der Waals surface area contributed by atoms with E-state index >= 15 is 0 Å². The fourth-order valence-electron chi connectivity index (χ4n) is 1.76. The molecule has 2 aromatic heterocycles. The minimum absolute atomic E-state index is 0.193.